The Bertz CT molecular complexity index is 2760. The van der Waals surface area contributed by atoms with Crippen LogP contribution in [-0.2, 0) is 34.8 Å². The maximum absolute atomic E-state index is 13.0. The zero-order valence-corrected chi connectivity index (χ0v) is 39.3. The van der Waals surface area contributed by atoms with Crippen molar-refractivity contribution in [1.29, 1.82) is 5.26 Å². The van der Waals surface area contributed by atoms with Crippen LogP contribution in [-0.4, -0.2) is 53.8 Å². The maximum Gasteiger partial charge on any atom is 0.417 e. The molecule has 0 fully saturated rings. The molecule has 368 valence electrons. The summed E-state index contributed by atoms with van der Waals surface area (Å²) >= 11 is 11.2. The van der Waals surface area contributed by atoms with Crippen molar-refractivity contribution in [3.05, 3.63) is 165 Å². The number of aromatic nitrogens is 2. The lowest BCUT2D eigenvalue weighted by Gasteiger charge is -2.12. The fourth-order valence-corrected chi connectivity index (χ4v) is 6.48. The van der Waals surface area contributed by atoms with Gasteiger partial charge in [-0.05, 0) is 96.8 Å². The number of alkyl halides is 6. The van der Waals surface area contributed by atoms with Crippen molar-refractivity contribution in [2.75, 3.05) is 36.8 Å². The third-order valence-electron chi connectivity index (χ3n) is 9.37. The van der Waals surface area contributed by atoms with Gasteiger partial charge in [0.25, 0.3) is 0 Å². The van der Waals surface area contributed by atoms with E-state index in [2.05, 4.69) is 30.9 Å². The first kappa shape index (κ1) is 55.7. The van der Waals surface area contributed by atoms with Crippen LogP contribution in [0.15, 0.2) is 127 Å². The number of hydrogen-bond acceptors (Lipinski definition) is 11. The van der Waals surface area contributed by atoms with E-state index < -0.39 is 45.3 Å². The SMILES string of the molecule is N#Cc1cc(Oc2ccc(CCC(=O)Nc3ccc(Cl)c(C(F)(F)F)c3)cc2)ccn1.NCCN.O=C(CCc1ccc(Oc2ccnc(C3=NCCN3)c2)cc1)Nc1ccc(Cl)c(C(F)(F)F)c1.S. The number of amidine groups is 1. The number of carbonyl (C=O) groups is 2. The van der Waals surface area contributed by atoms with Crippen molar-refractivity contribution in [1.82, 2.24) is 15.3 Å². The molecular weight excluding hydrogens is 984 g/mol. The van der Waals surface area contributed by atoms with Gasteiger partial charge >= 0.3 is 12.4 Å². The van der Waals surface area contributed by atoms with Gasteiger partial charge in [0, 0.05) is 68.4 Å². The second-order valence-electron chi connectivity index (χ2n) is 14.6. The summed E-state index contributed by atoms with van der Waals surface area (Å²) in [5.41, 5.74) is 10.6. The summed E-state index contributed by atoms with van der Waals surface area (Å²) in [4.78, 5) is 36.8. The van der Waals surface area contributed by atoms with Gasteiger partial charge in [-0.2, -0.15) is 45.1 Å². The number of aryl methyl sites for hydroxylation is 2. The van der Waals surface area contributed by atoms with E-state index in [1.54, 1.807) is 60.8 Å². The first-order chi connectivity index (χ1) is 32.9. The molecule has 0 bridgehead atoms. The number of rotatable bonds is 14. The minimum Gasteiger partial charge on any atom is -0.457 e. The van der Waals surface area contributed by atoms with Gasteiger partial charge in [0.2, 0.25) is 11.8 Å². The largest absolute Gasteiger partial charge is 0.457 e. The van der Waals surface area contributed by atoms with Crippen molar-refractivity contribution >= 4 is 65.7 Å². The first-order valence-corrected chi connectivity index (χ1v) is 21.6. The highest BCUT2D eigenvalue weighted by Crippen LogP contribution is 2.37. The molecule has 13 nitrogen and oxygen atoms in total. The number of carbonyl (C=O) groups excluding carboxylic acids is 2. The van der Waals surface area contributed by atoms with Gasteiger partial charge in [0.15, 0.2) is 0 Å². The summed E-state index contributed by atoms with van der Waals surface area (Å²) in [6.07, 6.45) is -5.09. The second kappa shape index (κ2) is 26.8. The zero-order chi connectivity index (χ0) is 50.0. The minimum absolute atomic E-state index is 0. The third kappa shape index (κ3) is 17.9. The van der Waals surface area contributed by atoms with Crippen LogP contribution >= 0.6 is 36.7 Å². The van der Waals surface area contributed by atoms with Crippen molar-refractivity contribution in [2.45, 2.75) is 38.0 Å². The maximum atomic E-state index is 13.0. The molecule has 7 N–H and O–H groups in total. The summed E-state index contributed by atoms with van der Waals surface area (Å²) in [6, 6.07) is 29.3. The predicted octanol–water partition coefficient (Wildman–Crippen LogP) is 10.5. The van der Waals surface area contributed by atoms with Crippen LogP contribution in [0.1, 0.15) is 46.5 Å². The molecule has 0 radical (unpaired) electrons. The molecular formula is C48H45Cl2F6N9O4S. The van der Waals surface area contributed by atoms with E-state index in [4.69, 9.17) is 49.4 Å². The van der Waals surface area contributed by atoms with E-state index in [0.717, 1.165) is 54.3 Å². The number of amides is 2. The van der Waals surface area contributed by atoms with E-state index in [-0.39, 0.29) is 43.4 Å². The summed E-state index contributed by atoms with van der Waals surface area (Å²) in [5, 5.41) is 16.1. The average molecular weight is 1030 g/mol. The summed E-state index contributed by atoms with van der Waals surface area (Å²) in [7, 11) is 0. The van der Waals surface area contributed by atoms with E-state index >= 15 is 0 Å². The van der Waals surface area contributed by atoms with Crippen LogP contribution in [0.25, 0.3) is 0 Å². The Balaban J connectivity index is 0.000000280. The predicted molar refractivity (Wildman–Crippen MR) is 261 cm³/mol. The number of nitrogens with one attached hydrogen (secondary N) is 3. The Hall–Kier alpha value is -6.89. The van der Waals surface area contributed by atoms with E-state index in [1.807, 2.05) is 18.2 Å². The highest BCUT2D eigenvalue weighted by molar-refractivity contribution is 7.59. The topological polar surface area (TPSA) is 203 Å². The molecule has 1 aliphatic rings. The number of ether oxygens (including phenoxy) is 2. The fraction of sp³-hybridized carbons (Fsp3) is 0.208. The summed E-state index contributed by atoms with van der Waals surface area (Å²) < 4.78 is 89.2. The number of benzene rings is 4. The first-order valence-electron chi connectivity index (χ1n) is 20.8. The number of anilines is 2. The van der Waals surface area contributed by atoms with Gasteiger partial charge < -0.3 is 36.9 Å². The molecule has 3 heterocycles. The minimum atomic E-state index is -4.60. The Morgan fingerprint density at radius 3 is 1.53 bits per heavy atom. The van der Waals surface area contributed by atoms with Gasteiger partial charge in [-0.25, -0.2) is 4.98 Å². The highest BCUT2D eigenvalue weighted by atomic mass is 35.5. The molecule has 0 saturated carbocycles. The number of pyridine rings is 2. The Morgan fingerprint density at radius 2 is 1.11 bits per heavy atom. The van der Waals surface area contributed by atoms with Crippen LogP contribution < -0.4 is 36.9 Å². The molecule has 1 aliphatic heterocycles. The monoisotopic (exact) mass is 1030 g/mol. The van der Waals surface area contributed by atoms with Gasteiger partial charge in [-0.1, -0.05) is 47.5 Å². The molecule has 0 atom stereocenters. The molecule has 6 aromatic rings. The number of nitrogens with zero attached hydrogens (tertiary/aromatic N) is 4. The second-order valence-corrected chi connectivity index (χ2v) is 15.4. The summed E-state index contributed by atoms with van der Waals surface area (Å²) in [5.74, 6) is 2.18. The number of nitrogens with two attached hydrogens (primary N) is 2. The molecule has 70 heavy (non-hydrogen) atoms. The lowest BCUT2D eigenvalue weighted by molar-refractivity contribution is -0.138. The van der Waals surface area contributed by atoms with Crippen LogP contribution in [0.4, 0.5) is 37.7 Å². The number of aliphatic imine (C=N–C) groups is 1. The van der Waals surface area contributed by atoms with E-state index in [1.165, 1.54) is 24.4 Å². The van der Waals surface area contributed by atoms with Crippen LogP contribution in [0.2, 0.25) is 10.0 Å². The van der Waals surface area contributed by atoms with Crippen LogP contribution in [0.3, 0.4) is 0 Å². The number of nitriles is 1. The van der Waals surface area contributed by atoms with Gasteiger partial charge in [0.05, 0.1) is 27.7 Å². The highest BCUT2D eigenvalue weighted by Gasteiger charge is 2.34. The Morgan fingerprint density at radius 1 is 0.657 bits per heavy atom. The molecule has 0 saturated heterocycles. The van der Waals surface area contributed by atoms with Crippen LogP contribution in [0, 0.1) is 11.3 Å². The quantitative estimate of drug-likeness (QED) is 0.0654. The van der Waals surface area contributed by atoms with Crippen molar-refractivity contribution < 1.29 is 45.4 Å². The van der Waals surface area contributed by atoms with Crippen molar-refractivity contribution in [2.24, 2.45) is 16.5 Å². The Labute approximate surface area is 415 Å². The number of halogens is 8. The molecule has 22 heteroatoms. The molecule has 4 aromatic carbocycles. The van der Waals surface area contributed by atoms with Gasteiger partial charge in [-0.15, -0.1) is 0 Å². The fourth-order valence-electron chi connectivity index (χ4n) is 6.03. The van der Waals surface area contributed by atoms with Gasteiger partial charge in [0.1, 0.15) is 46.3 Å². The number of hydrogen-bond donors (Lipinski definition) is 5. The van der Waals surface area contributed by atoms with Crippen molar-refractivity contribution in [3.8, 4) is 29.1 Å². The molecule has 0 aliphatic carbocycles. The van der Waals surface area contributed by atoms with Crippen molar-refractivity contribution in [3.63, 3.8) is 0 Å². The summed E-state index contributed by atoms with van der Waals surface area (Å²) in [6.45, 7) is 2.70. The molecule has 0 unspecified atom stereocenters. The molecule has 7 rings (SSSR count). The zero-order valence-electron chi connectivity index (χ0n) is 36.8. The average Bonchev–Trinajstić information content (AvgIpc) is 3.88. The normalized spacial score (nSPS) is 11.7. The third-order valence-corrected chi connectivity index (χ3v) is 10.0. The van der Waals surface area contributed by atoms with Crippen LogP contribution in [0.5, 0.6) is 23.0 Å². The lowest BCUT2D eigenvalue weighted by Crippen LogP contribution is -2.20. The lowest BCUT2D eigenvalue weighted by atomic mass is 10.1. The smallest absolute Gasteiger partial charge is 0.417 e. The van der Waals surface area contributed by atoms with Gasteiger partial charge in [-0.3, -0.25) is 19.6 Å². The molecule has 2 amide bonds. The van der Waals surface area contributed by atoms with E-state index in [9.17, 15) is 35.9 Å². The standard InChI is InChI=1S/C24H20ClF3N4O2.C22H15ClF3N3O2.C2H8N2.H2S/c25-20-7-4-16(13-19(20)24(26,27)28)32-22(33)8-3-15-1-5-17(6-2-15)34-18-9-10-29-21(14-18)23-30-11-12-31-23;23-20-7-4-15(12-19(20)22(24,25)26)29-21(30)8-3-14-1-5-17(6-2-14)31-18-9-10-28-16(11-18)13-27;3-1-2-4;/h1-2,4-7,9-10,13-14H,3,8,11-12H2,(H,30,31)(H,32,33);1-2,4-7,9-12H,3,8H2,(H,29,30);1-4H2;1H2. The Kier molecular flexibility index (Phi) is 21.3. The van der Waals surface area contributed by atoms with E-state index in [0.29, 0.717) is 54.6 Å². The molecule has 0 spiro atoms. The molecule has 2 aromatic heterocycles.